The van der Waals surface area contributed by atoms with Crippen LogP contribution in [-0.4, -0.2) is 9.13 Å². The van der Waals surface area contributed by atoms with Crippen molar-refractivity contribution in [1.29, 1.82) is 0 Å². The smallest absolute Gasteiger partial charge is 0.137 e. The van der Waals surface area contributed by atoms with Gasteiger partial charge in [0.1, 0.15) is 11.2 Å². The molecule has 0 atom stereocenters. The average Bonchev–Trinajstić information content (AvgIpc) is 3.65. The standard InChI is InChI=1S/C36H22N2O/c1-5-15-27-23(11-1)24-12-2-6-16-28(24)37(27)30-18-9-19-31-35(30)25-13-3-7-17-29(25)38(31)32-20-10-22-34-36(32)26-14-4-8-21-33(26)39-34/h1-22H. The molecule has 182 valence electrons. The minimum absolute atomic E-state index is 0.901. The molecule has 3 aromatic heterocycles. The van der Waals surface area contributed by atoms with Crippen molar-refractivity contribution < 1.29 is 4.42 Å². The SMILES string of the molecule is c1ccc2c(c1)oc1cccc(-n3c4ccccc4c4c(-n5c6ccccc6c6ccccc65)cccc43)c12. The van der Waals surface area contributed by atoms with Crippen LogP contribution >= 0.6 is 0 Å². The van der Waals surface area contributed by atoms with Crippen LogP contribution in [0, 0.1) is 0 Å². The van der Waals surface area contributed by atoms with Gasteiger partial charge in [-0.1, -0.05) is 84.9 Å². The molecule has 3 heteroatoms. The lowest BCUT2D eigenvalue weighted by Crippen LogP contribution is -1.97. The highest BCUT2D eigenvalue weighted by molar-refractivity contribution is 6.18. The van der Waals surface area contributed by atoms with Gasteiger partial charge < -0.3 is 13.6 Å². The van der Waals surface area contributed by atoms with E-state index in [1.165, 1.54) is 49.3 Å². The first-order valence-electron chi connectivity index (χ1n) is 13.3. The van der Waals surface area contributed by atoms with E-state index in [0.717, 1.165) is 27.6 Å². The second-order valence-corrected chi connectivity index (χ2v) is 10.1. The summed E-state index contributed by atoms with van der Waals surface area (Å²) in [5, 5.41) is 7.27. The van der Waals surface area contributed by atoms with Gasteiger partial charge in [0.2, 0.25) is 0 Å². The number of rotatable bonds is 2. The molecular formula is C36H22N2O. The molecule has 0 fully saturated rings. The highest BCUT2D eigenvalue weighted by Crippen LogP contribution is 2.42. The van der Waals surface area contributed by atoms with Crippen molar-refractivity contribution >= 4 is 65.6 Å². The number of nitrogens with zero attached hydrogens (tertiary/aromatic N) is 2. The predicted molar refractivity (Wildman–Crippen MR) is 162 cm³/mol. The second kappa shape index (κ2) is 7.62. The van der Waals surface area contributed by atoms with Gasteiger partial charge in [0.25, 0.3) is 0 Å². The Morgan fingerprint density at radius 2 is 0.795 bits per heavy atom. The number of hydrogen-bond acceptors (Lipinski definition) is 1. The first kappa shape index (κ1) is 20.7. The third kappa shape index (κ3) is 2.71. The Morgan fingerprint density at radius 3 is 1.51 bits per heavy atom. The summed E-state index contributed by atoms with van der Waals surface area (Å²) in [5.74, 6) is 0. The summed E-state index contributed by atoms with van der Waals surface area (Å²) >= 11 is 0. The van der Waals surface area contributed by atoms with Gasteiger partial charge >= 0.3 is 0 Å². The number of benzene rings is 6. The van der Waals surface area contributed by atoms with E-state index in [9.17, 15) is 0 Å². The zero-order valence-corrected chi connectivity index (χ0v) is 21.0. The van der Waals surface area contributed by atoms with E-state index in [2.05, 4.69) is 130 Å². The van der Waals surface area contributed by atoms with E-state index in [1.807, 2.05) is 12.1 Å². The molecule has 0 spiro atoms. The number of aromatic nitrogens is 2. The van der Waals surface area contributed by atoms with Crippen LogP contribution in [0.2, 0.25) is 0 Å². The summed E-state index contributed by atoms with van der Waals surface area (Å²) in [6.07, 6.45) is 0. The van der Waals surface area contributed by atoms with Gasteiger partial charge in [-0.3, -0.25) is 0 Å². The molecule has 0 radical (unpaired) electrons. The second-order valence-electron chi connectivity index (χ2n) is 10.1. The molecule has 3 nitrogen and oxygen atoms in total. The summed E-state index contributed by atoms with van der Waals surface area (Å²) in [7, 11) is 0. The Morgan fingerprint density at radius 1 is 0.333 bits per heavy atom. The molecule has 9 aromatic rings. The zero-order chi connectivity index (χ0) is 25.5. The maximum absolute atomic E-state index is 6.28. The van der Waals surface area contributed by atoms with Crippen LogP contribution in [0.25, 0.3) is 76.9 Å². The van der Waals surface area contributed by atoms with Crippen molar-refractivity contribution in [3.8, 4) is 11.4 Å². The van der Waals surface area contributed by atoms with Gasteiger partial charge in [0.15, 0.2) is 0 Å². The molecule has 0 aliphatic rings. The maximum atomic E-state index is 6.28. The lowest BCUT2D eigenvalue weighted by molar-refractivity contribution is 0.669. The van der Waals surface area contributed by atoms with Crippen LogP contribution in [0.15, 0.2) is 138 Å². The van der Waals surface area contributed by atoms with E-state index in [0.29, 0.717) is 0 Å². The molecule has 39 heavy (non-hydrogen) atoms. The van der Waals surface area contributed by atoms with Crippen LogP contribution < -0.4 is 0 Å². The molecule has 0 amide bonds. The predicted octanol–water partition coefficient (Wildman–Crippen LogP) is 9.78. The van der Waals surface area contributed by atoms with Gasteiger partial charge in [0, 0.05) is 26.9 Å². The molecule has 6 aromatic carbocycles. The van der Waals surface area contributed by atoms with E-state index >= 15 is 0 Å². The summed E-state index contributed by atoms with van der Waals surface area (Å²) in [4.78, 5) is 0. The molecule has 0 aliphatic heterocycles. The number of furan rings is 1. The van der Waals surface area contributed by atoms with Gasteiger partial charge in [0.05, 0.1) is 38.8 Å². The maximum Gasteiger partial charge on any atom is 0.137 e. The fraction of sp³-hybridized carbons (Fsp3) is 0. The fourth-order valence-corrected chi connectivity index (χ4v) is 6.57. The summed E-state index contributed by atoms with van der Waals surface area (Å²) in [5.41, 5.74) is 8.90. The summed E-state index contributed by atoms with van der Waals surface area (Å²) in [6, 6.07) is 47.5. The highest BCUT2D eigenvalue weighted by Gasteiger charge is 2.21. The highest BCUT2D eigenvalue weighted by atomic mass is 16.3. The summed E-state index contributed by atoms with van der Waals surface area (Å²) < 4.78 is 11.1. The van der Waals surface area contributed by atoms with Gasteiger partial charge in [-0.25, -0.2) is 0 Å². The van der Waals surface area contributed by atoms with E-state index in [4.69, 9.17) is 4.42 Å². The third-order valence-electron chi connectivity index (χ3n) is 8.12. The molecule has 0 unspecified atom stereocenters. The average molecular weight is 499 g/mol. The Balaban J connectivity index is 1.47. The number of hydrogen-bond donors (Lipinski definition) is 0. The first-order chi connectivity index (χ1) is 19.4. The molecular weight excluding hydrogens is 476 g/mol. The van der Waals surface area contributed by atoms with Crippen LogP contribution in [0.1, 0.15) is 0 Å². The lowest BCUT2D eigenvalue weighted by atomic mass is 10.1. The molecule has 0 N–H and O–H groups in total. The van der Waals surface area contributed by atoms with Crippen molar-refractivity contribution in [3.63, 3.8) is 0 Å². The molecule has 9 rings (SSSR count). The largest absolute Gasteiger partial charge is 0.456 e. The van der Waals surface area contributed by atoms with Crippen LogP contribution in [-0.2, 0) is 0 Å². The number of para-hydroxylation sites is 4. The Labute approximate surface area is 223 Å². The van der Waals surface area contributed by atoms with E-state index in [-0.39, 0.29) is 0 Å². The van der Waals surface area contributed by atoms with Crippen LogP contribution in [0.5, 0.6) is 0 Å². The molecule has 0 bridgehead atoms. The molecule has 0 aliphatic carbocycles. The normalized spacial score (nSPS) is 12.1. The Bertz CT molecular complexity index is 2350. The first-order valence-corrected chi connectivity index (χ1v) is 13.3. The van der Waals surface area contributed by atoms with Crippen LogP contribution in [0.4, 0.5) is 0 Å². The van der Waals surface area contributed by atoms with Crippen molar-refractivity contribution in [2.45, 2.75) is 0 Å². The van der Waals surface area contributed by atoms with Crippen molar-refractivity contribution in [2.75, 3.05) is 0 Å². The lowest BCUT2D eigenvalue weighted by Gasteiger charge is -2.12. The fourth-order valence-electron chi connectivity index (χ4n) is 6.57. The van der Waals surface area contributed by atoms with Crippen LogP contribution in [0.3, 0.4) is 0 Å². The van der Waals surface area contributed by atoms with E-state index in [1.54, 1.807) is 0 Å². The number of fused-ring (bicyclic) bond motifs is 9. The van der Waals surface area contributed by atoms with Gasteiger partial charge in [-0.05, 0) is 48.5 Å². The Hall–Kier alpha value is -5.28. The summed E-state index contributed by atoms with van der Waals surface area (Å²) in [6.45, 7) is 0. The van der Waals surface area contributed by atoms with Gasteiger partial charge in [-0.15, -0.1) is 0 Å². The van der Waals surface area contributed by atoms with Crippen molar-refractivity contribution in [3.05, 3.63) is 133 Å². The topological polar surface area (TPSA) is 23.0 Å². The molecule has 0 saturated carbocycles. The quantitative estimate of drug-likeness (QED) is 0.233. The Kier molecular flexibility index (Phi) is 4.05. The third-order valence-corrected chi connectivity index (χ3v) is 8.12. The van der Waals surface area contributed by atoms with E-state index < -0.39 is 0 Å². The minimum atomic E-state index is 0.901. The minimum Gasteiger partial charge on any atom is -0.456 e. The monoisotopic (exact) mass is 498 g/mol. The molecule has 0 saturated heterocycles. The van der Waals surface area contributed by atoms with Crippen molar-refractivity contribution in [1.82, 2.24) is 9.13 Å². The molecule has 3 heterocycles. The zero-order valence-electron chi connectivity index (χ0n) is 21.0. The van der Waals surface area contributed by atoms with Gasteiger partial charge in [-0.2, -0.15) is 0 Å². The van der Waals surface area contributed by atoms with Crippen molar-refractivity contribution in [2.24, 2.45) is 0 Å².